The number of rotatable bonds is 4. The summed E-state index contributed by atoms with van der Waals surface area (Å²) in [6, 6.07) is 12.3. The molecule has 3 rings (SSSR count). The molecule has 1 aliphatic rings. The third-order valence-electron chi connectivity index (χ3n) is 5.10. The minimum atomic E-state index is -4.13. The zero-order chi connectivity index (χ0) is 20.2. The maximum atomic E-state index is 10.7. The fourth-order valence-corrected chi connectivity index (χ4v) is 3.70. The second kappa shape index (κ2) is 9.93. The third-order valence-corrected chi connectivity index (χ3v) is 5.89. The summed E-state index contributed by atoms with van der Waals surface area (Å²) in [7, 11) is -2.11. The van der Waals surface area contributed by atoms with Crippen molar-refractivity contribution in [2.24, 2.45) is 7.05 Å². The zero-order valence-electron chi connectivity index (χ0n) is 17.1. The van der Waals surface area contributed by atoms with Crippen molar-refractivity contribution in [3.05, 3.63) is 59.9 Å². The molecule has 1 aromatic carbocycles. The molecule has 1 aliphatic heterocycles. The Kier molecular flexibility index (Phi) is 8.77. The predicted octanol–water partition coefficient (Wildman–Crippen LogP) is -0.158. The standard InChI is InChI=1S/C14H19NO3S.C7H10N.HI/c1-11-14(2,3)12-7-4-5-8-13(12)15(11)9-6-10-19(16,17)18;1-7-3-5-8(2)6-4-7;/h4-5,7-8H,6,9-10H2,1-3H3;3-6H,1-2H3;1H/q;+1;/p-1. The van der Waals surface area contributed by atoms with Gasteiger partial charge in [-0.1, -0.05) is 18.2 Å². The van der Waals surface area contributed by atoms with Crippen LogP contribution >= 0.6 is 0 Å². The number of fused-ring (bicyclic) bond motifs is 1. The summed E-state index contributed by atoms with van der Waals surface area (Å²) >= 11 is 0. The number of hydrogen-bond donors (Lipinski definition) is 0. The van der Waals surface area contributed by atoms with Crippen LogP contribution in [0.15, 0.2) is 48.8 Å². The van der Waals surface area contributed by atoms with Crippen LogP contribution in [-0.2, 0) is 22.6 Å². The number of aromatic nitrogens is 1. The molecular weight excluding hydrogens is 487 g/mol. The molecule has 0 spiro atoms. The van der Waals surface area contributed by atoms with Crippen LogP contribution in [0.4, 0.5) is 5.69 Å². The van der Waals surface area contributed by atoms with E-state index in [0.717, 1.165) is 5.69 Å². The number of halogens is 1. The van der Waals surface area contributed by atoms with Gasteiger partial charge >= 0.3 is 0 Å². The van der Waals surface area contributed by atoms with Crippen LogP contribution in [0, 0.1) is 6.92 Å². The molecule has 154 valence electrons. The number of para-hydroxylation sites is 1. The van der Waals surface area contributed by atoms with Gasteiger partial charge in [-0.15, -0.1) is 0 Å². The summed E-state index contributed by atoms with van der Waals surface area (Å²) in [5.74, 6) is -0.306. The lowest BCUT2D eigenvalue weighted by Crippen LogP contribution is -3.00. The summed E-state index contributed by atoms with van der Waals surface area (Å²) in [4.78, 5) is 0. The molecule has 28 heavy (non-hydrogen) atoms. The van der Waals surface area contributed by atoms with Crippen molar-refractivity contribution in [2.45, 2.75) is 39.5 Å². The fraction of sp³-hybridized carbons (Fsp3) is 0.429. The Hall–Kier alpha value is -1.32. The Bertz CT molecular complexity index is 915. The largest absolute Gasteiger partial charge is 1.00 e. The van der Waals surface area contributed by atoms with Gasteiger partial charge in [0.1, 0.15) is 13.6 Å². The third kappa shape index (κ3) is 6.35. The van der Waals surface area contributed by atoms with Crippen molar-refractivity contribution in [2.75, 3.05) is 12.3 Å². The minimum absolute atomic E-state index is 0. The van der Waals surface area contributed by atoms with Gasteiger partial charge in [0.2, 0.25) is 5.69 Å². The lowest BCUT2D eigenvalue weighted by molar-refractivity contribution is -0.671. The maximum absolute atomic E-state index is 10.7. The molecule has 5 nitrogen and oxygen atoms in total. The van der Waals surface area contributed by atoms with Crippen molar-refractivity contribution in [3.63, 3.8) is 0 Å². The number of aryl methyl sites for hydroxylation is 2. The SMILES string of the molecule is CC1=[N+](CCCS(=O)(=O)[O-])c2ccccc2C1(C)C.Cc1cc[n+](C)cc1.[I-]. The molecule has 0 radical (unpaired) electrons. The Balaban J connectivity index is 0.000000367. The highest BCUT2D eigenvalue weighted by Crippen LogP contribution is 2.39. The highest BCUT2D eigenvalue weighted by atomic mass is 127. The highest BCUT2D eigenvalue weighted by molar-refractivity contribution is 7.85. The van der Waals surface area contributed by atoms with E-state index in [2.05, 4.69) is 50.5 Å². The first kappa shape index (κ1) is 24.7. The van der Waals surface area contributed by atoms with E-state index in [1.54, 1.807) is 0 Å². The van der Waals surface area contributed by atoms with Gasteiger partial charge in [-0.2, -0.15) is 4.58 Å². The van der Waals surface area contributed by atoms with Crippen LogP contribution < -0.4 is 28.5 Å². The van der Waals surface area contributed by atoms with E-state index in [1.165, 1.54) is 16.8 Å². The molecule has 1 aromatic heterocycles. The Morgan fingerprint density at radius 2 is 1.61 bits per heavy atom. The van der Waals surface area contributed by atoms with Crippen molar-refractivity contribution < 1.29 is 46.1 Å². The number of nitrogens with zero attached hydrogens (tertiary/aromatic N) is 2. The summed E-state index contributed by atoms with van der Waals surface area (Å²) < 4.78 is 36.2. The summed E-state index contributed by atoms with van der Waals surface area (Å²) in [6.45, 7) is 9.02. The predicted molar refractivity (Wildman–Crippen MR) is 106 cm³/mol. The van der Waals surface area contributed by atoms with Gasteiger partial charge in [-0.25, -0.2) is 13.0 Å². The molecule has 0 bridgehead atoms. The topological polar surface area (TPSA) is 64.1 Å². The van der Waals surface area contributed by atoms with Gasteiger partial charge in [-0.3, -0.25) is 0 Å². The van der Waals surface area contributed by atoms with Crippen molar-refractivity contribution in [1.82, 2.24) is 0 Å². The van der Waals surface area contributed by atoms with Gasteiger partial charge in [0, 0.05) is 42.9 Å². The second-order valence-electron chi connectivity index (χ2n) is 7.54. The average Bonchev–Trinajstić information content (AvgIpc) is 2.78. The Morgan fingerprint density at radius 1 is 1.04 bits per heavy atom. The van der Waals surface area contributed by atoms with Gasteiger partial charge < -0.3 is 28.5 Å². The van der Waals surface area contributed by atoms with Crippen LogP contribution in [0.3, 0.4) is 0 Å². The smallest absolute Gasteiger partial charge is 0.209 e. The Labute approximate surface area is 185 Å². The molecule has 0 fully saturated rings. The van der Waals surface area contributed by atoms with Crippen LogP contribution in [0.25, 0.3) is 0 Å². The molecule has 0 aliphatic carbocycles. The number of benzene rings is 1. The molecule has 0 N–H and O–H groups in total. The van der Waals surface area contributed by atoms with E-state index < -0.39 is 10.1 Å². The quantitative estimate of drug-likeness (QED) is 0.323. The summed E-state index contributed by atoms with van der Waals surface area (Å²) in [5, 5.41) is 0. The van der Waals surface area contributed by atoms with Crippen molar-refractivity contribution in [3.8, 4) is 0 Å². The fourth-order valence-electron chi connectivity index (χ4n) is 3.21. The van der Waals surface area contributed by atoms with Crippen LogP contribution in [0.5, 0.6) is 0 Å². The molecular formula is C21H29IN2O3S. The second-order valence-corrected chi connectivity index (χ2v) is 9.06. The molecule has 0 saturated carbocycles. The lowest BCUT2D eigenvalue weighted by Gasteiger charge is -2.14. The first-order chi connectivity index (χ1) is 12.5. The molecule has 0 atom stereocenters. The molecule has 0 unspecified atom stereocenters. The van der Waals surface area contributed by atoms with E-state index in [9.17, 15) is 13.0 Å². The average molecular weight is 516 g/mol. The van der Waals surface area contributed by atoms with E-state index in [1.807, 2.05) is 42.2 Å². The highest BCUT2D eigenvalue weighted by Gasteiger charge is 2.42. The van der Waals surface area contributed by atoms with E-state index in [4.69, 9.17) is 0 Å². The van der Waals surface area contributed by atoms with Crippen LogP contribution in [-0.4, -0.2) is 35.6 Å². The summed E-state index contributed by atoms with van der Waals surface area (Å²) in [6.07, 6.45) is 4.43. The number of hydrogen-bond acceptors (Lipinski definition) is 3. The Morgan fingerprint density at radius 3 is 2.14 bits per heavy atom. The molecule has 2 heterocycles. The van der Waals surface area contributed by atoms with E-state index >= 15 is 0 Å². The molecule has 0 saturated heterocycles. The van der Waals surface area contributed by atoms with Gasteiger partial charge in [0.25, 0.3) is 0 Å². The van der Waals surface area contributed by atoms with Crippen molar-refractivity contribution in [1.29, 1.82) is 0 Å². The van der Waals surface area contributed by atoms with Crippen LogP contribution in [0.2, 0.25) is 0 Å². The van der Waals surface area contributed by atoms with E-state index in [-0.39, 0.29) is 35.1 Å². The summed E-state index contributed by atoms with van der Waals surface area (Å²) in [5.41, 5.74) is 4.82. The van der Waals surface area contributed by atoms with Gasteiger partial charge in [0.05, 0.1) is 15.5 Å². The monoisotopic (exact) mass is 516 g/mol. The minimum Gasteiger partial charge on any atom is -1.00 e. The lowest BCUT2D eigenvalue weighted by atomic mass is 9.82. The molecule has 0 amide bonds. The van der Waals surface area contributed by atoms with Gasteiger partial charge in [0.15, 0.2) is 18.1 Å². The molecule has 2 aromatic rings. The van der Waals surface area contributed by atoms with E-state index in [0.29, 0.717) is 13.0 Å². The molecule has 7 heteroatoms. The first-order valence-corrected chi connectivity index (χ1v) is 10.7. The normalized spacial score (nSPS) is 14.6. The zero-order valence-corrected chi connectivity index (χ0v) is 20.1. The first-order valence-electron chi connectivity index (χ1n) is 9.09. The van der Waals surface area contributed by atoms with Gasteiger partial charge in [-0.05, 0) is 26.3 Å². The van der Waals surface area contributed by atoms with Crippen molar-refractivity contribution >= 4 is 21.5 Å². The van der Waals surface area contributed by atoms with Crippen LogP contribution in [0.1, 0.15) is 38.3 Å². The maximum Gasteiger partial charge on any atom is 0.209 e. The number of pyridine rings is 1.